The van der Waals surface area contributed by atoms with Gasteiger partial charge in [0.05, 0.1) is 12.5 Å². The molecule has 6 heteroatoms. The Hall–Kier alpha value is -1.59. The van der Waals surface area contributed by atoms with Crippen LogP contribution >= 0.6 is 0 Å². The molecular formula is C13H22N2O4. The van der Waals surface area contributed by atoms with E-state index in [1.54, 1.807) is 7.05 Å². The van der Waals surface area contributed by atoms with Crippen LogP contribution in [0.15, 0.2) is 0 Å². The summed E-state index contributed by atoms with van der Waals surface area (Å²) in [7, 11) is 1.59. The number of hydrogen-bond acceptors (Lipinski definition) is 3. The summed E-state index contributed by atoms with van der Waals surface area (Å²) in [5, 5.41) is 11.6. The van der Waals surface area contributed by atoms with E-state index in [-0.39, 0.29) is 24.3 Å². The fraction of sp³-hybridized carbons (Fsp3) is 0.769. The molecular weight excluding hydrogens is 248 g/mol. The van der Waals surface area contributed by atoms with Gasteiger partial charge in [0.25, 0.3) is 0 Å². The van der Waals surface area contributed by atoms with Crippen molar-refractivity contribution >= 4 is 17.8 Å². The van der Waals surface area contributed by atoms with Gasteiger partial charge in [-0.3, -0.25) is 14.4 Å². The normalized spacial score (nSPS) is 22.6. The zero-order valence-corrected chi connectivity index (χ0v) is 11.5. The summed E-state index contributed by atoms with van der Waals surface area (Å²) in [4.78, 5) is 35.9. The van der Waals surface area contributed by atoms with Crippen molar-refractivity contribution < 1.29 is 19.5 Å². The van der Waals surface area contributed by atoms with Crippen LogP contribution < -0.4 is 5.32 Å². The number of carboxylic acids is 1. The van der Waals surface area contributed by atoms with Crippen molar-refractivity contribution in [2.24, 2.45) is 11.8 Å². The Kier molecular flexibility index (Phi) is 5.79. The van der Waals surface area contributed by atoms with Crippen molar-refractivity contribution in [1.29, 1.82) is 0 Å². The largest absolute Gasteiger partial charge is 0.481 e. The zero-order valence-electron chi connectivity index (χ0n) is 11.5. The third-order valence-corrected chi connectivity index (χ3v) is 3.50. The van der Waals surface area contributed by atoms with Gasteiger partial charge in [0, 0.05) is 19.5 Å². The Balaban J connectivity index is 2.51. The maximum Gasteiger partial charge on any atom is 0.306 e. The Bertz CT molecular complexity index is 357. The van der Waals surface area contributed by atoms with Crippen molar-refractivity contribution in [2.45, 2.75) is 32.6 Å². The number of carbonyl (C=O) groups is 3. The average molecular weight is 270 g/mol. The van der Waals surface area contributed by atoms with Gasteiger partial charge in [-0.2, -0.15) is 0 Å². The first kappa shape index (κ1) is 15.5. The van der Waals surface area contributed by atoms with Crippen LogP contribution in [-0.2, 0) is 14.4 Å². The molecule has 0 spiro atoms. The summed E-state index contributed by atoms with van der Waals surface area (Å²) in [6.07, 6.45) is 2.48. The van der Waals surface area contributed by atoms with Crippen LogP contribution in [0, 0.1) is 11.8 Å². The quantitative estimate of drug-likeness (QED) is 0.760. The molecule has 2 atom stereocenters. The number of amides is 2. The lowest BCUT2D eigenvalue weighted by Crippen LogP contribution is -2.42. The van der Waals surface area contributed by atoms with Gasteiger partial charge in [0.1, 0.15) is 0 Å². The average Bonchev–Trinajstić information content (AvgIpc) is 2.38. The van der Waals surface area contributed by atoms with E-state index in [1.165, 1.54) is 4.90 Å². The van der Waals surface area contributed by atoms with Crippen molar-refractivity contribution in [2.75, 3.05) is 20.1 Å². The van der Waals surface area contributed by atoms with Gasteiger partial charge in [-0.25, -0.2) is 0 Å². The molecule has 19 heavy (non-hydrogen) atoms. The molecule has 1 aliphatic carbocycles. The topological polar surface area (TPSA) is 86.7 Å². The molecule has 1 rings (SSSR count). The van der Waals surface area contributed by atoms with E-state index in [0.29, 0.717) is 25.8 Å². The SMILES string of the molecule is CCNC(=O)CN(C)C(=O)C1CCCC(C(=O)O)C1. The molecule has 2 N–H and O–H groups in total. The number of likely N-dealkylation sites (N-methyl/N-ethyl adjacent to an activating group) is 2. The predicted octanol–water partition coefficient (Wildman–Crippen LogP) is 0.472. The highest BCUT2D eigenvalue weighted by atomic mass is 16.4. The molecule has 0 aromatic rings. The smallest absolute Gasteiger partial charge is 0.306 e. The summed E-state index contributed by atoms with van der Waals surface area (Å²) in [5.41, 5.74) is 0. The Morgan fingerprint density at radius 1 is 1.26 bits per heavy atom. The van der Waals surface area contributed by atoms with E-state index in [1.807, 2.05) is 6.92 Å². The van der Waals surface area contributed by atoms with Gasteiger partial charge in [0.15, 0.2) is 0 Å². The monoisotopic (exact) mass is 270 g/mol. The van der Waals surface area contributed by atoms with E-state index in [9.17, 15) is 14.4 Å². The van der Waals surface area contributed by atoms with Gasteiger partial charge >= 0.3 is 5.97 Å². The molecule has 0 heterocycles. The number of carbonyl (C=O) groups excluding carboxylic acids is 2. The molecule has 1 saturated carbocycles. The minimum Gasteiger partial charge on any atom is -0.481 e. The third-order valence-electron chi connectivity index (χ3n) is 3.50. The fourth-order valence-corrected chi connectivity index (χ4v) is 2.50. The molecule has 0 aliphatic heterocycles. The highest BCUT2D eigenvalue weighted by Crippen LogP contribution is 2.30. The number of nitrogens with one attached hydrogen (secondary N) is 1. The van der Waals surface area contributed by atoms with Gasteiger partial charge < -0.3 is 15.3 Å². The second kappa shape index (κ2) is 7.11. The summed E-state index contributed by atoms with van der Waals surface area (Å²) in [6.45, 7) is 2.38. The van der Waals surface area contributed by atoms with Crippen LogP contribution in [0.5, 0.6) is 0 Å². The molecule has 2 unspecified atom stereocenters. The van der Waals surface area contributed by atoms with Gasteiger partial charge in [-0.15, -0.1) is 0 Å². The van der Waals surface area contributed by atoms with Gasteiger partial charge in [-0.1, -0.05) is 6.42 Å². The molecule has 1 aliphatic rings. The summed E-state index contributed by atoms with van der Waals surface area (Å²) >= 11 is 0. The van der Waals surface area contributed by atoms with Crippen LogP contribution in [0.1, 0.15) is 32.6 Å². The standard InChI is InChI=1S/C13H22N2O4/c1-3-14-11(16)8-15(2)12(17)9-5-4-6-10(7-9)13(18)19/h9-10H,3-8H2,1-2H3,(H,14,16)(H,18,19). The number of rotatable bonds is 5. The van der Waals surface area contributed by atoms with E-state index in [0.717, 1.165) is 6.42 Å². The van der Waals surface area contributed by atoms with Crippen LogP contribution in [0.2, 0.25) is 0 Å². The lowest BCUT2D eigenvalue weighted by Gasteiger charge is -2.29. The molecule has 0 aromatic heterocycles. The second-order valence-corrected chi connectivity index (χ2v) is 5.05. The first-order chi connectivity index (χ1) is 8.95. The highest BCUT2D eigenvalue weighted by molar-refractivity contribution is 5.86. The summed E-state index contributed by atoms with van der Waals surface area (Å²) in [6, 6.07) is 0. The van der Waals surface area contributed by atoms with Gasteiger partial charge in [-0.05, 0) is 26.2 Å². The number of nitrogens with zero attached hydrogens (tertiary/aromatic N) is 1. The number of aliphatic carboxylic acids is 1. The molecule has 0 bridgehead atoms. The number of carboxylic acid groups (broad SMARTS) is 1. The Morgan fingerprint density at radius 3 is 2.47 bits per heavy atom. The van der Waals surface area contributed by atoms with Crippen LogP contribution in [-0.4, -0.2) is 47.9 Å². The molecule has 0 saturated heterocycles. The maximum absolute atomic E-state index is 12.2. The van der Waals surface area contributed by atoms with E-state index in [2.05, 4.69) is 5.32 Å². The zero-order chi connectivity index (χ0) is 14.4. The maximum atomic E-state index is 12.2. The van der Waals surface area contributed by atoms with E-state index >= 15 is 0 Å². The first-order valence-electron chi connectivity index (χ1n) is 6.70. The summed E-state index contributed by atoms with van der Waals surface area (Å²) in [5.74, 6) is -1.85. The molecule has 1 fully saturated rings. The van der Waals surface area contributed by atoms with E-state index < -0.39 is 11.9 Å². The minimum atomic E-state index is -0.830. The predicted molar refractivity (Wildman–Crippen MR) is 69.4 cm³/mol. The minimum absolute atomic E-state index is 0.0287. The van der Waals surface area contributed by atoms with Crippen molar-refractivity contribution in [3.05, 3.63) is 0 Å². The molecule has 6 nitrogen and oxygen atoms in total. The lowest BCUT2D eigenvalue weighted by molar-refractivity contribution is -0.146. The molecule has 2 amide bonds. The highest BCUT2D eigenvalue weighted by Gasteiger charge is 2.32. The first-order valence-corrected chi connectivity index (χ1v) is 6.70. The molecule has 0 radical (unpaired) electrons. The van der Waals surface area contributed by atoms with E-state index in [4.69, 9.17) is 5.11 Å². The number of hydrogen-bond donors (Lipinski definition) is 2. The second-order valence-electron chi connectivity index (χ2n) is 5.05. The van der Waals surface area contributed by atoms with Crippen molar-refractivity contribution in [1.82, 2.24) is 10.2 Å². The van der Waals surface area contributed by atoms with Gasteiger partial charge in [0.2, 0.25) is 11.8 Å². The van der Waals surface area contributed by atoms with Crippen LogP contribution in [0.3, 0.4) is 0 Å². The van der Waals surface area contributed by atoms with Crippen LogP contribution in [0.25, 0.3) is 0 Å². The summed E-state index contributed by atoms with van der Waals surface area (Å²) < 4.78 is 0. The Morgan fingerprint density at radius 2 is 1.89 bits per heavy atom. The molecule has 0 aromatic carbocycles. The third kappa shape index (κ3) is 4.54. The molecule has 108 valence electrons. The van der Waals surface area contributed by atoms with Crippen molar-refractivity contribution in [3.8, 4) is 0 Å². The van der Waals surface area contributed by atoms with Crippen LogP contribution in [0.4, 0.5) is 0 Å². The van der Waals surface area contributed by atoms with Crippen molar-refractivity contribution in [3.63, 3.8) is 0 Å². The lowest BCUT2D eigenvalue weighted by atomic mass is 9.81. The fourth-order valence-electron chi connectivity index (χ4n) is 2.50. The Labute approximate surface area is 113 Å².